The average Bonchev–Trinajstić information content (AvgIpc) is 2.69. The van der Waals surface area contributed by atoms with Gasteiger partial charge in [-0.05, 0) is 32.1 Å². The SMILES string of the molecule is CN(C)c1nccnc1N1CC[C@@H](O)[C@]2(CCCN(C(=O)C3CCC3)C2)C1.O=CO. The maximum absolute atomic E-state index is 12.8. The number of piperidine rings is 2. The highest BCUT2D eigenvalue weighted by Crippen LogP contribution is 2.42. The van der Waals surface area contributed by atoms with Gasteiger partial charge in [-0.25, -0.2) is 9.97 Å². The van der Waals surface area contributed by atoms with Crippen LogP contribution >= 0.6 is 0 Å². The van der Waals surface area contributed by atoms with Gasteiger partial charge < -0.3 is 24.9 Å². The molecule has 4 rings (SSSR count). The Morgan fingerprint density at radius 3 is 2.50 bits per heavy atom. The van der Waals surface area contributed by atoms with Crippen LogP contribution in [-0.2, 0) is 9.59 Å². The molecule has 30 heavy (non-hydrogen) atoms. The Kier molecular flexibility index (Phi) is 7.12. The minimum atomic E-state index is -0.370. The van der Waals surface area contributed by atoms with Crippen molar-refractivity contribution in [1.82, 2.24) is 14.9 Å². The summed E-state index contributed by atoms with van der Waals surface area (Å²) in [5.41, 5.74) is -0.267. The minimum Gasteiger partial charge on any atom is -0.483 e. The zero-order chi connectivity index (χ0) is 21.7. The molecule has 2 aliphatic heterocycles. The number of hydrogen-bond acceptors (Lipinski definition) is 7. The van der Waals surface area contributed by atoms with E-state index in [1.807, 2.05) is 23.9 Å². The van der Waals surface area contributed by atoms with E-state index in [9.17, 15) is 9.90 Å². The Hall–Kier alpha value is -2.42. The Balaban J connectivity index is 0.000000806. The van der Waals surface area contributed by atoms with Gasteiger partial charge in [0.2, 0.25) is 5.91 Å². The molecule has 1 aliphatic carbocycles. The standard InChI is InChI=1S/C20H31N5O2.CH2O2/c1-23(2)17-18(22-10-9-21-17)24-12-7-16(26)20(13-24)8-4-11-25(14-20)19(27)15-5-3-6-15;2-1-3/h9-10,15-16,26H,3-8,11-14H2,1-2H3;1H,(H,2,3)/t16-,20-;/m1./s1. The normalized spacial score (nSPS) is 26.4. The Morgan fingerprint density at radius 1 is 1.17 bits per heavy atom. The van der Waals surface area contributed by atoms with E-state index in [1.54, 1.807) is 12.4 Å². The molecule has 3 aliphatic rings. The number of rotatable bonds is 3. The summed E-state index contributed by atoms with van der Waals surface area (Å²) in [6.45, 7) is 2.73. The van der Waals surface area contributed by atoms with Crippen LogP contribution in [0.5, 0.6) is 0 Å². The predicted octanol–water partition coefficient (Wildman–Crippen LogP) is 1.22. The molecule has 3 fully saturated rings. The van der Waals surface area contributed by atoms with E-state index in [0.717, 1.165) is 57.0 Å². The summed E-state index contributed by atoms with van der Waals surface area (Å²) in [6.07, 6.45) is 8.93. The average molecular weight is 420 g/mol. The third-order valence-corrected chi connectivity index (χ3v) is 6.64. The number of amides is 1. The Labute approximate surface area is 177 Å². The van der Waals surface area contributed by atoms with Gasteiger partial charge >= 0.3 is 0 Å². The molecule has 0 radical (unpaired) electrons. The van der Waals surface area contributed by atoms with Crippen molar-refractivity contribution in [3.05, 3.63) is 12.4 Å². The van der Waals surface area contributed by atoms with Gasteiger partial charge in [-0.3, -0.25) is 9.59 Å². The molecule has 2 atom stereocenters. The van der Waals surface area contributed by atoms with Crippen molar-refractivity contribution in [2.75, 3.05) is 50.1 Å². The maximum Gasteiger partial charge on any atom is 0.290 e. The number of aromatic nitrogens is 2. The fraction of sp³-hybridized carbons (Fsp3) is 0.714. The number of hydrogen-bond donors (Lipinski definition) is 2. The topological polar surface area (TPSA) is 110 Å². The number of anilines is 2. The predicted molar refractivity (Wildman–Crippen MR) is 113 cm³/mol. The summed E-state index contributed by atoms with van der Waals surface area (Å²) in [5, 5.41) is 17.8. The second kappa shape index (κ2) is 9.59. The first-order valence-corrected chi connectivity index (χ1v) is 10.7. The van der Waals surface area contributed by atoms with Crippen LogP contribution in [0.25, 0.3) is 0 Å². The number of likely N-dealkylation sites (tertiary alicyclic amines) is 1. The van der Waals surface area contributed by atoms with Crippen molar-refractivity contribution in [1.29, 1.82) is 0 Å². The monoisotopic (exact) mass is 419 g/mol. The summed E-state index contributed by atoms with van der Waals surface area (Å²) < 4.78 is 0. The van der Waals surface area contributed by atoms with Crippen molar-refractivity contribution >= 4 is 24.0 Å². The van der Waals surface area contributed by atoms with Gasteiger partial charge in [-0.2, -0.15) is 0 Å². The van der Waals surface area contributed by atoms with Gasteiger partial charge in [0.1, 0.15) is 0 Å². The summed E-state index contributed by atoms with van der Waals surface area (Å²) in [7, 11) is 3.95. The lowest BCUT2D eigenvalue weighted by molar-refractivity contribution is -0.144. The molecular weight excluding hydrogens is 386 g/mol. The molecule has 0 unspecified atom stereocenters. The molecule has 0 bridgehead atoms. The lowest BCUT2D eigenvalue weighted by Crippen LogP contribution is -2.60. The summed E-state index contributed by atoms with van der Waals surface area (Å²) in [4.78, 5) is 36.5. The van der Waals surface area contributed by atoms with Crippen LogP contribution in [0.3, 0.4) is 0 Å². The summed E-state index contributed by atoms with van der Waals surface area (Å²) in [6, 6.07) is 0. The number of aliphatic hydroxyl groups excluding tert-OH is 1. The van der Waals surface area contributed by atoms with E-state index >= 15 is 0 Å². The molecule has 1 amide bonds. The molecule has 3 heterocycles. The second-order valence-corrected chi connectivity index (χ2v) is 8.78. The molecule has 9 nitrogen and oxygen atoms in total. The first-order valence-electron chi connectivity index (χ1n) is 10.7. The zero-order valence-corrected chi connectivity index (χ0v) is 17.9. The molecule has 2 saturated heterocycles. The quantitative estimate of drug-likeness (QED) is 0.704. The van der Waals surface area contributed by atoms with E-state index < -0.39 is 0 Å². The van der Waals surface area contributed by atoms with Crippen molar-refractivity contribution in [3.63, 3.8) is 0 Å². The van der Waals surface area contributed by atoms with Crippen molar-refractivity contribution in [3.8, 4) is 0 Å². The molecular formula is C21H33N5O4. The Bertz CT molecular complexity index is 742. The first-order chi connectivity index (χ1) is 14.4. The minimum absolute atomic E-state index is 0.220. The number of carbonyl (C=O) groups excluding carboxylic acids is 1. The number of carboxylic acid groups (broad SMARTS) is 1. The van der Waals surface area contributed by atoms with Gasteiger partial charge in [0.25, 0.3) is 6.47 Å². The second-order valence-electron chi connectivity index (χ2n) is 8.78. The van der Waals surface area contributed by atoms with E-state index in [0.29, 0.717) is 18.9 Å². The van der Waals surface area contributed by atoms with Gasteiger partial charge in [-0.15, -0.1) is 0 Å². The first kappa shape index (κ1) is 22.3. The van der Waals surface area contributed by atoms with E-state index in [1.165, 1.54) is 6.42 Å². The number of nitrogens with zero attached hydrogens (tertiary/aromatic N) is 5. The van der Waals surface area contributed by atoms with E-state index in [2.05, 4.69) is 14.9 Å². The maximum atomic E-state index is 12.8. The highest BCUT2D eigenvalue weighted by atomic mass is 16.3. The fourth-order valence-corrected chi connectivity index (χ4v) is 4.85. The molecule has 9 heteroatoms. The molecule has 2 N–H and O–H groups in total. The number of aliphatic hydroxyl groups is 1. The summed E-state index contributed by atoms with van der Waals surface area (Å²) >= 11 is 0. The molecule has 1 aromatic rings. The highest BCUT2D eigenvalue weighted by molar-refractivity contribution is 5.79. The van der Waals surface area contributed by atoms with Gasteiger partial charge in [-0.1, -0.05) is 6.42 Å². The highest BCUT2D eigenvalue weighted by Gasteiger charge is 2.47. The fourth-order valence-electron chi connectivity index (χ4n) is 4.85. The van der Waals surface area contributed by atoms with Crippen LogP contribution in [0, 0.1) is 11.3 Å². The lowest BCUT2D eigenvalue weighted by Gasteiger charge is -2.52. The molecule has 1 aromatic heterocycles. The zero-order valence-electron chi connectivity index (χ0n) is 17.9. The smallest absolute Gasteiger partial charge is 0.290 e. The van der Waals surface area contributed by atoms with Crippen molar-refractivity contribution in [2.24, 2.45) is 11.3 Å². The third-order valence-electron chi connectivity index (χ3n) is 6.64. The van der Waals surface area contributed by atoms with Gasteiger partial charge in [0.15, 0.2) is 11.6 Å². The van der Waals surface area contributed by atoms with E-state index in [4.69, 9.17) is 9.90 Å². The van der Waals surface area contributed by atoms with Crippen LogP contribution in [0.15, 0.2) is 12.4 Å². The lowest BCUT2D eigenvalue weighted by atomic mass is 9.71. The molecule has 1 spiro atoms. The molecule has 166 valence electrons. The molecule has 0 aromatic carbocycles. The van der Waals surface area contributed by atoms with Crippen LogP contribution in [0.1, 0.15) is 38.5 Å². The van der Waals surface area contributed by atoms with Crippen molar-refractivity contribution in [2.45, 2.75) is 44.6 Å². The largest absolute Gasteiger partial charge is 0.483 e. The van der Waals surface area contributed by atoms with E-state index in [-0.39, 0.29) is 23.9 Å². The van der Waals surface area contributed by atoms with Crippen LogP contribution in [0.4, 0.5) is 11.6 Å². The molecule has 1 saturated carbocycles. The van der Waals surface area contributed by atoms with Crippen molar-refractivity contribution < 1.29 is 19.8 Å². The Morgan fingerprint density at radius 2 is 1.87 bits per heavy atom. The third kappa shape index (κ3) is 4.50. The number of carbonyl (C=O) groups is 2. The van der Waals surface area contributed by atoms with Gasteiger partial charge in [0, 0.05) is 64.0 Å². The van der Waals surface area contributed by atoms with Crippen LogP contribution < -0.4 is 9.80 Å². The van der Waals surface area contributed by atoms with Crippen LogP contribution in [-0.4, -0.2) is 83.8 Å². The van der Waals surface area contributed by atoms with Crippen LogP contribution in [0.2, 0.25) is 0 Å². The van der Waals surface area contributed by atoms with Gasteiger partial charge in [0.05, 0.1) is 6.10 Å². The summed E-state index contributed by atoms with van der Waals surface area (Å²) in [5.74, 6) is 2.24.